The number of hydrogen-bond acceptors (Lipinski definition) is 5. The van der Waals surface area contributed by atoms with Gasteiger partial charge in [0, 0.05) is 12.0 Å². The minimum atomic E-state index is 0.425. The van der Waals surface area contributed by atoms with E-state index in [1.165, 1.54) is 19.3 Å². The molecule has 1 fully saturated rings. The lowest BCUT2D eigenvalue weighted by molar-refractivity contribution is 0.283. The Morgan fingerprint density at radius 3 is 2.81 bits per heavy atom. The zero-order valence-corrected chi connectivity index (χ0v) is 14.5. The maximum atomic E-state index is 5.49. The number of nitrogens with zero attached hydrogens (tertiary/aromatic N) is 2. The van der Waals surface area contributed by atoms with E-state index in [4.69, 9.17) is 4.52 Å². The molecule has 0 amide bonds. The molecule has 2 aromatic heterocycles. The minimum Gasteiger partial charge on any atom is -0.339 e. The van der Waals surface area contributed by atoms with Gasteiger partial charge in [0.1, 0.15) is 0 Å². The molecular formula is C15H20BrN3OS. The van der Waals surface area contributed by atoms with Crippen molar-refractivity contribution in [3.05, 3.63) is 21.8 Å². The highest BCUT2D eigenvalue weighted by molar-refractivity contribution is 9.11. The second kappa shape index (κ2) is 7.03. The summed E-state index contributed by atoms with van der Waals surface area (Å²) in [5.41, 5.74) is 0. The molecule has 21 heavy (non-hydrogen) atoms. The second-order valence-corrected chi connectivity index (χ2v) is 8.03. The van der Waals surface area contributed by atoms with Crippen molar-refractivity contribution in [1.29, 1.82) is 0 Å². The van der Waals surface area contributed by atoms with Crippen molar-refractivity contribution in [2.45, 2.75) is 51.0 Å². The fourth-order valence-electron chi connectivity index (χ4n) is 2.83. The average molecular weight is 370 g/mol. The molecular weight excluding hydrogens is 350 g/mol. The molecule has 0 saturated heterocycles. The molecule has 1 saturated carbocycles. The van der Waals surface area contributed by atoms with Crippen molar-refractivity contribution in [2.24, 2.45) is 0 Å². The van der Waals surface area contributed by atoms with Crippen LogP contribution < -0.4 is 5.32 Å². The predicted octanol–water partition coefficient (Wildman–Crippen LogP) is 4.59. The van der Waals surface area contributed by atoms with Crippen LogP contribution in [0.2, 0.25) is 0 Å². The Kier molecular flexibility index (Phi) is 5.08. The van der Waals surface area contributed by atoms with Crippen LogP contribution in [0.5, 0.6) is 0 Å². The third-order valence-electron chi connectivity index (χ3n) is 3.99. The maximum absolute atomic E-state index is 5.49. The first-order chi connectivity index (χ1) is 10.3. The van der Waals surface area contributed by atoms with Crippen LogP contribution in [0.4, 0.5) is 0 Å². The summed E-state index contributed by atoms with van der Waals surface area (Å²) in [6, 6.07) is 4.70. The normalized spacial score (nSPS) is 22.6. The van der Waals surface area contributed by atoms with Gasteiger partial charge < -0.3 is 9.84 Å². The highest BCUT2D eigenvalue weighted by atomic mass is 79.9. The zero-order chi connectivity index (χ0) is 14.7. The van der Waals surface area contributed by atoms with Gasteiger partial charge in [-0.15, -0.1) is 11.3 Å². The molecule has 0 aliphatic heterocycles. The van der Waals surface area contributed by atoms with Crippen LogP contribution in [0.1, 0.15) is 50.8 Å². The summed E-state index contributed by atoms with van der Waals surface area (Å²) in [6.07, 6.45) is 5.87. The SMILES string of the molecule is CCCNC1CCC(c2nc(-c3ccc(Br)s3)no2)CC1. The van der Waals surface area contributed by atoms with Crippen molar-refractivity contribution >= 4 is 27.3 Å². The monoisotopic (exact) mass is 369 g/mol. The van der Waals surface area contributed by atoms with E-state index in [0.29, 0.717) is 17.8 Å². The molecule has 1 aliphatic rings. The van der Waals surface area contributed by atoms with Crippen molar-refractivity contribution < 1.29 is 4.52 Å². The van der Waals surface area contributed by atoms with E-state index in [0.717, 1.165) is 33.9 Å². The van der Waals surface area contributed by atoms with Gasteiger partial charge in [-0.1, -0.05) is 12.1 Å². The molecule has 0 radical (unpaired) electrons. The number of rotatable bonds is 5. The van der Waals surface area contributed by atoms with Crippen LogP contribution in [-0.4, -0.2) is 22.7 Å². The zero-order valence-electron chi connectivity index (χ0n) is 12.1. The average Bonchev–Trinajstić information content (AvgIpc) is 3.14. The first-order valence-corrected chi connectivity index (χ1v) is 9.20. The molecule has 114 valence electrons. The summed E-state index contributed by atoms with van der Waals surface area (Å²) in [4.78, 5) is 5.65. The third kappa shape index (κ3) is 3.73. The molecule has 2 heterocycles. The molecule has 1 N–H and O–H groups in total. The number of nitrogens with one attached hydrogen (secondary N) is 1. The van der Waals surface area contributed by atoms with E-state index in [-0.39, 0.29) is 0 Å². The molecule has 0 spiro atoms. The number of hydrogen-bond donors (Lipinski definition) is 1. The van der Waals surface area contributed by atoms with Crippen molar-refractivity contribution in [1.82, 2.24) is 15.5 Å². The van der Waals surface area contributed by atoms with Crippen LogP contribution in [0.15, 0.2) is 20.4 Å². The number of halogens is 1. The molecule has 4 nitrogen and oxygen atoms in total. The second-order valence-electron chi connectivity index (χ2n) is 5.56. The molecule has 0 atom stereocenters. The Hall–Kier alpha value is -0.720. The standard InChI is InChI=1S/C15H20BrN3OS/c1-2-9-17-11-5-3-10(4-6-11)15-18-14(19-20-15)12-7-8-13(16)21-12/h7-8,10-11,17H,2-6,9H2,1H3. The van der Waals surface area contributed by atoms with Gasteiger partial charge in [0.15, 0.2) is 0 Å². The van der Waals surface area contributed by atoms with E-state index in [9.17, 15) is 0 Å². The fraction of sp³-hybridized carbons (Fsp3) is 0.600. The largest absolute Gasteiger partial charge is 0.339 e. The molecule has 2 aromatic rings. The molecule has 1 aliphatic carbocycles. The van der Waals surface area contributed by atoms with Gasteiger partial charge in [0.2, 0.25) is 11.7 Å². The van der Waals surface area contributed by atoms with Crippen LogP contribution in [0, 0.1) is 0 Å². The Labute approximate surface area is 137 Å². The molecule has 0 unspecified atom stereocenters. The fourth-order valence-corrected chi connectivity index (χ4v) is 4.14. The Morgan fingerprint density at radius 2 is 2.14 bits per heavy atom. The van der Waals surface area contributed by atoms with E-state index in [2.05, 4.69) is 38.3 Å². The van der Waals surface area contributed by atoms with Crippen molar-refractivity contribution in [2.75, 3.05) is 6.54 Å². The number of aromatic nitrogens is 2. The summed E-state index contributed by atoms with van der Waals surface area (Å²) in [7, 11) is 0. The first kappa shape index (κ1) is 15.2. The first-order valence-electron chi connectivity index (χ1n) is 7.59. The predicted molar refractivity (Wildman–Crippen MR) is 88.6 cm³/mol. The Morgan fingerprint density at radius 1 is 1.33 bits per heavy atom. The highest BCUT2D eigenvalue weighted by Crippen LogP contribution is 2.34. The van der Waals surface area contributed by atoms with Crippen molar-refractivity contribution in [3.8, 4) is 10.7 Å². The molecule has 3 rings (SSSR count). The summed E-state index contributed by atoms with van der Waals surface area (Å²) in [5, 5.41) is 7.74. The van der Waals surface area contributed by atoms with Gasteiger partial charge in [-0.05, 0) is 66.7 Å². The number of thiophene rings is 1. The summed E-state index contributed by atoms with van der Waals surface area (Å²) < 4.78 is 6.58. The smallest absolute Gasteiger partial charge is 0.230 e. The van der Waals surface area contributed by atoms with Crippen LogP contribution in [0.3, 0.4) is 0 Å². The lowest BCUT2D eigenvalue weighted by Crippen LogP contribution is -2.33. The highest BCUT2D eigenvalue weighted by Gasteiger charge is 2.26. The summed E-state index contributed by atoms with van der Waals surface area (Å²) in [5.74, 6) is 1.95. The lowest BCUT2D eigenvalue weighted by atomic mass is 9.86. The lowest BCUT2D eigenvalue weighted by Gasteiger charge is -2.27. The van der Waals surface area contributed by atoms with E-state index >= 15 is 0 Å². The van der Waals surface area contributed by atoms with E-state index in [1.54, 1.807) is 11.3 Å². The van der Waals surface area contributed by atoms with Gasteiger partial charge in [-0.25, -0.2) is 0 Å². The van der Waals surface area contributed by atoms with Gasteiger partial charge in [-0.2, -0.15) is 4.98 Å². The third-order valence-corrected chi connectivity index (χ3v) is 5.61. The molecule has 6 heteroatoms. The quantitative estimate of drug-likeness (QED) is 0.837. The van der Waals surface area contributed by atoms with E-state index in [1.807, 2.05) is 12.1 Å². The molecule has 0 bridgehead atoms. The van der Waals surface area contributed by atoms with Gasteiger partial charge >= 0.3 is 0 Å². The maximum Gasteiger partial charge on any atom is 0.230 e. The Balaban J connectivity index is 1.60. The van der Waals surface area contributed by atoms with Gasteiger partial charge in [0.05, 0.1) is 8.66 Å². The van der Waals surface area contributed by atoms with Gasteiger partial charge in [0.25, 0.3) is 0 Å². The van der Waals surface area contributed by atoms with Crippen LogP contribution in [-0.2, 0) is 0 Å². The molecule has 0 aromatic carbocycles. The topological polar surface area (TPSA) is 51.0 Å². The minimum absolute atomic E-state index is 0.425. The van der Waals surface area contributed by atoms with Crippen LogP contribution in [0.25, 0.3) is 10.7 Å². The summed E-state index contributed by atoms with van der Waals surface area (Å²) in [6.45, 7) is 3.33. The van der Waals surface area contributed by atoms with Gasteiger partial charge in [-0.3, -0.25) is 0 Å². The summed E-state index contributed by atoms with van der Waals surface area (Å²) >= 11 is 5.10. The van der Waals surface area contributed by atoms with Crippen LogP contribution >= 0.6 is 27.3 Å². The van der Waals surface area contributed by atoms with E-state index < -0.39 is 0 Å². The Bertz CT molecular complexity index is 575. The van der Waals surface area contributed by atoms with Crippen molar-refractivity contribution in [3.63, 3.8) is 0 Å².